The summed E-state index contributed by atoms with van der Waals surface area (Å²) in [7, 11) is 2.12. The van der Waals surface area contributed by atoms with Crippen molar-refractivity contribution in [2.24, 2.45) is 13.0 Å². The minimum Gasteiger partial charge on any atom is -0.338 e. The van der Waals surface area contributed by atoms with E-state index in [1.165, 1.54) is 37.9 Å². The lowest BCUT2D eigenvalue weighted by molar-refractivity contribution is 0.361. The fraction of sp³-hybridized carbons (Fsp3) is 0.786. The molecule has 1 aliphatic carbocycles. The summed E-state index contributed by atoms with van der Waals surface area (Å²) in [4.78, 5) is 4.57. The van der Waals surface area contributed by atoms with E-state index in [1.54, 1.807) is 0 Å². The van der Waals surface area contributed by atoms with Gasteiger partial charge in [0.15, 0.2) is 0 Å². The number of hydrogen-bond acceptors (Lipinski definition) is 2. The molecule has 0 amide bonds. The molecule has 1 saturated carbocycles. The van der Waals surface area contributed by atoms with Crippen molar-refractivity contribution in [3.63, 3.8) is 0 Å². The first-order chi connectivity index (χ1) is 8.33. The van der Waals surface area contributed by atoms with E-state index in [0.29, 0.717) is 5.92 Å². The fourth-order valence-electron chi connectivity index (χ4n) is 3.03. The summed E-state index contributed by atoms with van der Waals surface area (Å²) < 4.78 is 2.20. The van der Waals surface area contributed by atoms with E-state index in [4.69, 9.17) is 0 Å². The van der Waals surface area contributed by atoms with E-state index >= 15 is 0 Å². The average molecular weight is 235 g/mol. The lowest BCUT2D eigenvalue weighted by atomic mass is 9.87. The van der Waals surface area contributed by atoms with Crippen LogP contribution in [0.25, 0.3) is 0 Å². The Morgan fingerprint density at radius 1 is 1.35 bits per heavy atom. The van der Waals surface area contributed by atoms with E-state index < -0.39 is 0 Å². The van der Waals surface area contributed by atoms with E-state index in [2.05, 4.69) is 35.0 Å². The highest BCUT2D eigenvalue weighted by Gasteiger charge is 2.27. The van der Waals surface area contributed by atoms with Crippen molar-refractivity contribution in [1.29, 1.82) is 0 Å². The molecule has 0 aliphatic heterocycles. The first-order valence-electron chi connectivity index (χ1n) is 7.01. The minimum absolute atomic E-state index is 0.650. The molecule has 1 fully saturated rings. The van der Waals surface area contributed by atoms with Crippen LogP contribution < -0.4 is 5.32 Å². The molecule has 0 spiro atoms. The molecule has 17 heavy (non-hydrogen) atoms. The van der Waals surface area contributed by atoms with Crippen LogP contribution in [0, 0.1) is 5.92 Å². The SMILES string of the molecule is CCNCC1CCCCCC1c1nccn1C. The quantitative estimate of drug-likeness (QED) is 0.813. The Hall–Kier alpha value is -0.830. The molecule has 1 aromatic rings. The highest BCUT2D eigenvalue weighted by Crippen LogP contribution is 2.35. The van der Waals surface area contributed by atoms with Gasteiger partial charge < -0.3 is 9.88 Å². The van der Waals surface area contributed by atoms with Gasteiger partial charge >= 0.3 is 0 Å². The predicted octanol–water partition coefficient (Wildman–Crippen LogP) is 2.69. The van der Waals surface area contributed by atoms with Crippen LogP contribution in [-0.4, -0.2) is 22.6 Å². The van der Waals surface area contributed by atoms with Crippen LogP contribution >= 0.6 is 0 Å². The van der Waals surface area contributed by atoms with E-state index in [9.17, 15) is 0 Å². The zero-order chi connectivity index (χ0) is 12.1. The molecule has 1 aromatic heterocycles. The van der Waals surface area contributed by atoms with E-state index in [0.717, 1.165) is 19.0 Å². The third-order valence-corrected chi connectivity index (χ3v) is 4.01. The monoisotopic (exact) mass is 235 g/mol. The Morgan fingerprint density at radius 3 is 2.88 bits per heavy atom. The molecule has 2 rings (SSSR count). The zero-order valence-corrected chi connectivity index (χ0v) is 11.2. The molecular weight excluding hydrogens is 210 g/mol. The van der Waals surface area contributed by atoms with Gasteiger partial charge in [0.25, 0.3) is 0 Å². The van der Waals surface area contributed by atoms with Crippen LogP contribution in [0.1, 0.15) is 50.8 Å². The molecule has 96 valence electrons. The second kappa shape index (κ2) is 6.20. The van der Waals surface area contributed by atoms with Gasteiger partial charge in [-0.05, 0) is 31.8 Å². The van der Waals surface area contributed by atoms with E-state index in [-0.39, 0.29) is 0 Å². The summed E-state index contributed by atoms with van der Waals surface area (Å²) >= 11 is 0. The third kappa shape index (κ3) is 3.09. The number of imidazole rings is 1. The molecule has 0 bridgehead atoms. The summed E-state index contributed by atoms with van der Waals surface area (Å²) in [5.41, 5.74) is 0. The number of hydrogen-bond donors (Lipinski definition) is 1. The van der Waals surface area contributed by atoms with Crippen molar-refractivity contribution in [2.75, 3.05) is 13.1 Å². The summed E-state index contributed by atoms with van der Waals surface area (Å²) in [6, 6.07) is 0. The molecule has 0 radical (unpaired) electrons. The van der Waals surface area contributed by atoms with Crippen LogP contribution in [0.15, 0.2) is 12.4 Å². The normalized spacial score (nSPS) is 25.8. The van der Waals surface area contributed by atoms with Gasteiger partial charge in [0, 0.05) is 25.4 Å². The van der Waals surface area contributed by atoms with Gasteiger partial charge in [0.1, 0.15) is 5.82 Å². The number of nitrogens with zero attached hydrogens (tertiary/aromatic N) is 2. The van der Waals surface area contributed by atoms with Crippen molar-refractivity contribution in [3.8, 4) is 0 Å². The first-order valence-corrected chi connectivity index (χ1v) is 7.01. The Morgan fingerprint density at radius 2 is 2.18 bits per heavy atom. The van der Waals surface area contributed by atoms with Gasteiger partial charge in [-0.25, -0.2) is 4.98 Å². The lowest BCUT2D eigenvalue weighted by Crippen LogP contribution is -2.28. The maximum Gasteiger partial charge on any atom is 0.111 e. The number of rotatable bonds is 4. The van der Waals surface area contributed by atoms with Crippen LogP contribution in [0.5, 0.6) is 0 Å². The van der Waals surface area contributed by atoms with Gasteiger partial charge in [-0.2, -0.15) is 0 Å². The first kappa shape index (κ1) is 12.6. The summed E-state index contributed by atoms with van der Waals surface area (Å²) in [6.07, 6.45) is 10.8. The summed E-state index contributed by atoms with van der Waals surface area (Å²) in [5, 5.41) is 3.52. The molecule has 0 saturated heterocycles. The molecule has 0 aromatic carbocycles. The molecule has 1 aliphatic rings. The lowest BCUT2D eigenvalue weighted by Gasteiger charge is -2.25. The maximum absolute atomic E-state index is 4.57. The van der Waals surface area contributed by atoms with E-state index in [1.807, 2.05) is 6.20 Å². The van der Waals surface area contributed by atoms with Crippen molar-refractivity contribution in [2.45, 2.75) is 44.9 Å². The minimum atomic E-state index is 0.650. The van der Waals surface area contributed by atoms with Crippen LogP contribution in [-0.2, 0) is 7.05 Å². The highest BCUT2D eigenvalue weighted by atomic mass is 15.0. The number of nitrogens with one attached hydrogen (secondary N) is 1. The van der Waals surface area contributed by atoms with Crippen molar-refractivity contribution < 1.29 is 0 Å². The molecule has 3 nitrogen and oxygen atoms in total. The van der Waals surface area contributed by atoms with Gasteiger partial charge in [0.2, 0.25) is 0 Å². The van der Waals surface area contributed by atoms with Crippen molar-refractivity contribution in [3.05, 3.63) is 18.2 Å². The maximum atomic E-state index is 4.57. The van der Waals surface area contributed by atoms with Gasteiger partial charge in [0.05, 0.1) is 0 Å². The number of aromatic nitrogens is 2. The second-order valence-electron chi connectivity index (χ2n) is 5.21. The summed E-state index contributed by atoms with van der Waals surface area (Å²) in [5.74, 6) is 2.70. The molecule has 3 heteroatoms. The van der Waals surface area contributed by atoms with Gasteiger partial charge in [-0.3, -0.25) is 0 Å². The zero-order valence-electron chi connectivity index (χ0n) is 11.2. The Bertz CT molecular complexity index is 332. The molecular formula is C14H25N3. The predicted molar refractivity (Wildman–Crippen MR) is 71.1 cm³/mol. The smallest absolute Gasteiger partial charge is 0.111 e. The Balaban J connectivity index is 2.11. The van der Waals surface area contributed by atoms with Gasteiger partial charge in [-0.15, -0.1) is 0 Å². The molecule has 1 N–H and O–H groups in total. The highest BCUT2D eigenvalue weighted by molar-refractivity contribution is 5.03. The number of aryl methyl sites for hydroxylation is 1. The molecule has 1 heterocycles. The van der Waals surface area contributed by atoms with Crippen LogP contribution in [0.3, 0.4) is 0 Å². The Kier molecular flexibility index (Phi) is 4.60. The average Bonchev–Trinajstić information content (AvgIpc) is 2.63. The second-order valence-corrected chi connectivity index (χ2v) is 5.21. The Labute approximate surface area is 105 Å². The van der Waals surface area contributed by atoms with Crippen molar-refractivity contribution >= 4 is 0 Å². The summed E-state index contributed by atoms with van der Waals surface area (Å²) in [6.45, 7) is 4.41. The van der Waals surface area contributed by atoms with Gasteiger partial charge in [-0.1, -0.05) is 26.2 Å². The van der Waals surface area contributed by atoms with Crippen LogP contribution in [0.2, 0.25) is 0 Å². The largest absolute Gasteiger partial charge is 0.338 e. The molecule has 2 atom stereocenters. The third-order valence-electron chi connectivity index (χ3n) is 4.01. The van der Waals surface area contributed by atoms with Crippen molar-refractivity contribution in [1.82, 2.24) is 14.9 Å². The van der Waals surface area contributed by atoms with Crippen LogP contribution in [0.4, 0.5) is 0 Å². The standard InChI is InChI=1S/C14H25N3/c1-3-15-11-12-7-5-4-6-8-13(12)14-16-9-10-17(14)2/h9-10,12-13,15H,3-8,11H2,1-2H3. The topological polar surface area (TPSA) is 29.9 Å². The fourth-order valence-corrected chi connectivity index (χ4v) is 3.03. The molecule has 2 unspecified atom stereocenters.